The zero-order valence-corrected chi connectivity index (χ0v) is 14.3. The van der Waals surface area contributed by atoms with Gasteiger partial charge < -0.3 is 4.57 Å². The molecule has 112 valence electrons. The third-order valence-electron chi connectivity index (χ3n) is 4.26. The van der Waals surface area contributed by atoms with Crippen molar-refractivity contribution in [3.63, 3.8) is 0 Å². The SMILES string of the molecule is C=Cc1cccc(Cn2c3ccccc3c3ccc(Br)cc32)c1. The molecule has 0 radical (unpaired) electrons. The van der Waals surface area contributed by atoms with Gasteiger partial charge in [-0.1, -0.05) is 71.0 Å². The van der Waals surface area contributed by atoms with Gasteiger partial charge in [0.05, 0.1) is 5.52 Å². The minimum atomic E-state index is 0.849. The third-order valence-corrected chi connectivity index (χ3v) is 4.76. The van der Waals surface area contributed by atoms with Crippen molar-refractivity contribution in [1.82, 2.24) is 4.57 Å². The summed E-state index contributed by atoms with van der Waals surface area (Å²) in [5, 5.41) is 2.60. The Morgan fingerprint density at radius 2 is 1.70 bits per heavy atom. The summed E-state index contributed by atoms with van der Waals surface area (Å²) in [4.78, 5) is 0. The van der Waals surface area contributed by atoms with Gasteiger partial charge >= 0.3 is 0 Å². The van der Waals surface area contributed by atoms with Crippen molar-refractivity contribution in [3.8, 4) is 0 Å². The summed E-state index contributed by atoms with van der Waals surface area (Å²) >= 11 is 3.61. The van der Waals surface area contributed by atoms with Crippen LogP contribution < -0.4 is 0 Å². The summed E-state index contributed by atoms with van der Waals surface area (Å²) in [5.41, 5.74) is 4.96. The molecule has 0 N–H and O–H groups in total. The lowest BCUT2D eigenvalue weighted by Gasteiger charge is -2.09. The van der Waals surface area contributed by atoms with Crippen molar-refractivity contribution in [2.45, 2.75) is 6.54 Å². The molecule has 23 heavy (non-hydrogen) atoms. The molecule has 1 heterocycles. The Bertz CT molecular complexity index is 1030. The van der Waals surface area contributed by atoms with Crippen LogP contribution in [0.4, 0.5) is 0 Å². The number of hydrogen-bond acceptors (Lipinski definition) is 0. The van der Waals surface area contributed by atoms with Gasteiger partial charge in [0.2, 0.25) is 0 Å². The number of nitrogens with zero attached hydrogens (tertiary/aromatic N) is 1. The lowest BCUT2D eigenvalue weighted by Crippen LogP contribution is -1.99. The van der Waals surface area contributed by atoms with Crippen LogP contribution >= 0.6 is 15.9 Å². The molecule has 4 aromatic rings. The van der Waals surface area contributed by atoms with Crippen LogP contribution in [0.15, 0.2) is 77.8 Å². The van der Waals surface area contributed by atoms with Crippen molar-refractivity contribution in [3.05, 3.63) is 88.9 Å². The van der Waals surface area contributed by atoms with E-state index in [1.807, 2.05) is 6.08 Å². The Kier molecular flexibility index (Phi) is 3.55. The van der Waals surface area contributed by atoms with Crippen LogP contribution in [-0.4, -0.2) is 4.57 Å². The van der Waals surface area contributed by atoms with Crippen LogP contribution in [0.5, 0.6) is 0 Å². The molecule has 0 unspecified atom stereocenters. The number of rotatable bonds is 3. The second-order valence-electron chi connectivity index (χ2n) is 5.71. The summed E-state index contributed by atoms with van der Waals surface area (Å²) in [6, 6.07) is 23.6. The zero-order valence-electron chi connectivity index (χ0n) is 12.7. The lowest BCUT2D eigenvalue weighted by atomic mass is 10.1. The highest BCUT2D eigenvalue weighted by Gasteiger charge is 2.10. The van der Waals surface area contributed by atoms with Crippen molar-refractivity contribution >= 4 is 43.8 Å². The first-order valence-corrected chi connectivity index (χ1v) is 8.43. The Morgan fingerprint density at radius 1 is 0.870 bits per heavy atom. The molecule has 2 heteroatoms. The Morgan fingerprint density at radius 3 is 2.57 bits per heavy atom. The molecule has 0 fully saturated rings. The largest absolute Gasteiger partial charge is 0.336 e. The van der Waals surface area contributed by atoms with Crippen molar-refractivity contribution in [1.29, 1.82) is 0 Å². The number of aromatic nitrogens is 1. The fraction of sp³-hybridized carbons (Fsp3) is 0.0476. The average molecular weight is 362 g/mol. The molecule has 0 saturated heterocycles. The van der Waals surface area contributed by atoms with Crippen molar-refractivity contribution in [2.24, 2.45) is 0 Å². The highest BCUT2D eigenvalue weighted by molar-refractivity contribution is 9.10. The number of benzene rings is 3. The summed E-state index contributed by atoms with van der Waals surface area (Å²) in [5.74, 6) is 0. The molecule has 3 aromatic carbocycles. The molecule has 0 aliphatic heterocycles. The van der Waals surface area contributed by atoms with Gasteiger partial charge in [0.15, 0.2) is 0 Å². The maximum absolute atomic E-state index is 3.87. The second-order valence-corrected chi connectivity index (χ2v) is 6.63. The predicted octanol–water partition coefficient (Wildman–Crippen LogP) is 6.25. The first-order chi connectivity index (χ1) is 11.3. The monoisotopic (exact) mass is 361 g/mol. The van der Waals surface area contributed by atoms with E-state index in [0.717, 1.165) is 16.6 Å². The van der Waals surface area contributed by atoms with Crippen LogP contribution in [0.2, 0.25) is 0 Å². The minimum Gasteiger partial charge on any atom is -0.336 e. The van der Waals surface area contributed by atoms with Crippen molar-refractivity contribution in [2.75, 3.05) is 0 Å². The fourth-order valence-corrected chi connectivity index (χ4v) is 3.54. The van der Waals surface area contributed by atoms with E-state index in [2.05, 4.69) is 93.8 Å². The average Bonchev–Trinajstić information content (AvgIpc) is 2.89. The molecule has 0 aliphatic rings. The van der Waals surface area contributed by atoms with Gasteiger partial charge in [0, 0.05) is 27.3 Å². The summed E-state index contributed by atoms with van der Waals surface area (Å²) < 4.78 is 3.49. The maximum atomic E-state index is 3.87. The number of halogens is 1. The predicted molar refractivity (Wildman–Crippen MR) is 103 cm³/mol. The van der Waals surface area contributed by atoms with Gasteiger partial charge in [-0.15, -0.1) is 0 Å². The number of hydrogen-bond donors (Lipinski definition) is 0. The summed E-state index contributed by atoms with van der Waals surface area (Å²) in [6.45, 7) is 4.72. The van der Waals surface area contributed by atoms with Crippen molar-refractivity contribution < 1.29 is 0 Å². The molecule has 0 saturated carbocycles. The smallest absolute Gasteiger partial charge is 0.0505 e. The maximum Gasteiger partial charge on any atom is 0.0505 e. The Labute approximate surface area is 144 Å². The first-order valence-electron chi connectivity index (χ1n) is 7.64. The molecule has 0 amide bonds. The van der Waals surface area contributed by atoms with E-state index >= 15 is 0 Å². The van der Waals surface area contributed by atoms with Gasteiger partial charge in [0.1, 0.15) is 0 Å². The molecule has 0 atom stereocenters. The van der Waals surface area contributed by atoms with E-state index in [1.54, 1.807) is 0 Å². The van der Waals surface area contributed by atoms with Crippen LogP contribution in [0, 0.1) is 0 Å². The molecule has 0 spiro atoms. The normalized spacial score (nSPS) is 11.2. The summed E-state index contributed by atoms with van der Waals surface area (Å²) in [7, 11) is 0. The summed E-state index contributed by atoms with van der Waals surface area (Å²) in [6.07, 6.45) is 1.89. The van der Waals surface area contributed by atoms with Gasteiger partial charge in [-0.2, -0.15) is 0 Å². The van der Waals surface area contributed by atoms with Crippen LogP contribution in [0.3, 0.4) is 0 Å². The first kappa shape index (κ1) is 14.3. The van der Waals surface area contributed by atoms with Crippen LogP contribution in [0.25, 0.3) is 27.9 Å². The van der Waals surface area contributed by atoms with Crippen LogP contribution in [0.1, 0.15) is 11.1 Å². The van der Waals surface area contributed by atoms with E-state index in [9.17, 15) is 0 Å². The topological polar surface area (TPSA) is 4.93 Å². The van der Waals surface area contributed by atoms with Gasteiger partial charge in [0.25, 0.3) is 0 Å². The number of fused-ring (bicyclic) bond motifs is 3. The van der Waals surface area contributed by atoms with Gasteiger partial charge in [-0.3, -0.25) is 0 Å². The fourth-order valence-electron chi connectivity index (χ4n) is 3.19. The minimum absolute atomic E-state index is 0.849. The van der Waals surface area contributed by atoms with E-state index in [4.69, 9.17) is 0 Å². The quantitative estimate of drug-likeness (QED) is 0.406. The molecule has 1 aromatic heterocycles. The van der Waals surface area contributed by atoms with Gasteiger partial charge in [-0.05, 0) is 35.4 Å². The van der Waals surface area contributed by atoms with E-state index in [0.29, 0.717) is 0 Å². The standard InChI is InChI=1S/C21H16BrN/c1-2-15-6-5-7-16(12-15)14-23-20-9-4-3-8-18(20)19-11-10-17(22)13-21(19)23/h2-13H,1,14H2. The lowest BCUT2D eigenvalue weighted by molar-refractivity contribution is 0.868. The molecular formula is C21H16BrN. The number of para-hydroxylation sites is 1. The Balaban J connectivity index is 1.96. The third kappa shape index (κ3) is 2.49. The van der Waals surface area contributed by atoms with E-state index in [1.165, 1.54) is 27.4 Å². The highest BCUT2D eigenvalue weighted by Crippen LogP contribution is 2.31. The van der Waals surface area contributed by atoms with E-state index in [-0.39, 0.29) is 0 Å². The molecule has 0 bridgehead atoms. The Hall–Kier alpha value is -2.32. The second kappa shape index (κ2) is 5.71. The molecular weight excluding hydrogens is 346 g/mol. The van der Waals surface area contributed by atoms with Gasteiger partial charge in [-0.25, -0.2) is 0 Å². The van der Waals surface area contributed by atoms with Crippen LogP contribution in [-0.2, 0) is 6.54 Å². The molecule has 4 rings (SSSR count). The zero-order chi connectivity index (χ0) is 15.8. The van der Waals surface area contributed by atoms with E-state index < -0.39 is 0 Å². The highest BCUT2D eigenvalue weighted by atomic mass is 79.9. The molecule has 1 nitrogen and oxygen atoms in total. The molecule has 0 aliphatic carbocycles.